The molecule has 1 aliphatic heterocycles. The Labute approximate surface area is 141 Å². The van der Waals surface area contributed by atoms with E-state index in [0.717, 1.165) is 0 Å². The van der Waals surface area contributed by atoms with E-state index in [4.69, 9.17) is 9.31 Å². The first-order valence-electron chi connectivity index (χ1n) is 9.01. The average Bonchev–Trinajstić information content (AvgIpc) is 2.75. The van der Waals surface area contributed by atoms with Gasteiger partial charge in [0, 0.05) is 0 Å². The van der Waals surface area contributed by atoms with E-state index in [2.05, 4.69) is 64.1 Å². The SMILES string of the molecule is CC1(C)OB(/C(=C\c2ccccc2)C2CCCCC2)OC1(C)C. The first-order valence-corrected chi connectivity index (χ1v) is 9.01. The van der Waals surface area contributed by atoms with Gasteiger partial charge in [-0.3, -0.25) is 0 Å². The maximum absolute atomic E-state index is 6.36. The number of allylic oxidation sites excluding steroid dienone is 1. The highest BCUT2D eigenvalue weighted by molar-refractivity contribution is 6.55. The van der Waals surface area contributed by atoms with Crippen molar-refractivity contribution in [2.75, 3.05) is 0 Å². The predicted molar refractivity (Wildman–Crippen MR) is 97.1 cm³/mol. The lowest BCUT2D eigenvalue weighted by Crippen LogP contribution is -2.41. The molecule has 1 saturated carbocycles. The van der Waals surface area contributed by atoms with Crippen LogP contribution in [0.25, 0.3) is 6.08 Å². The summed E-state index contributed by atoms with van der Waals surface area (Å²) in [6.45, 7) is 8.53. The molecule has 2 nitrogen and oxygen atoms in total. The van der Waals surface area contributed by atoms with E-state index in [1.165, 1.54) is 43.1 Å². The van der Waals surface area contributed by atoms with Crippen LogP contribution in [0.5, 0.6) is 0 Å². The summed E-state index contributed by atoms with van der Waals surface area (Å²) in [7, 11) is -0.219. The van der Waals surface area contributed by atoms with E-state index in [1.807, 2.05) is 0 Å². The standard InChI is InChI=1S/C20H29BO2/c1-19(2)20(3,4)23-21(22-19)18(17-13-9-6-10-14-17)15-16-11-7-5-8-12-16/h5,7-8,11-12,15,17H,6,9-10,13-14H2,1-4H3/b18-15-. The van der Waals surface area contributed by atoms with Crippen molar-refractivity contribution in [3.05, 3.63) is 41.4 Å². The first-order chi connectivity index (χ1) is 10.9. The van der Waals surface area contributed by atoms with Gasteiger partial charge in [-0.2, -0.15) is 0 Å². The van der Waals surface area contributed by atoms with Crippen molar-refractivity contribution < 1.29 is 9.31 Å². The van der Waals surface area contributed by atoms with Crippen LogP contribution in [-0.4, -0.2) is 18.3 Å². The highest BCUT2D eigenvalue weighted by Crippen LogP contribution is 2.42. The van der Waals surface area contributed by atoms with Crippen LogP contribution in [0.4, 0.5) is 0 Å². The minimum absolute atomic E-state index is 0.219. The topological polar surface area (TPSA) is 18.5 Å². The highest BCUT2D eigenvalue weighted by Gasteiger charge is 2.53. The minimum Gasteiger partial charge on any atom is -0.400 e. The second-order valence-corrected chi connectivity index (χ2v) is 7.98. The van der Waals surface area contributed by atoms with Crippen molar-refractivity contribution in [2.45, 2.75) is 71.0 Å². The Morgan fingerprint density at radius 2 is 1.52 bits per heavy atom. The van der Waals surface area contributed by atoms with Crippen LogP contribution in [0.15, 0.2) is 35.8 Å². The van der Waals surface area contributed by atoms with Gasteiger partial charge in [0.25, 0.3) is 0 Å². The third-order valence-corrected chi connectivity index (χ3v) is 5.73. The van der Waals surface area contributed by atoms with E-state index >= 15 is 0 Å². The zero-order valence-corrected chi connectivity index (χ0v) is 15.0. The zero-order chi connectivity index (χ0) is 16.5. The molecule has 124 valence electrons. The maximum atomic E-state index is 6.36. The quantitative estimate of drug-likeness (QED) is 0.707. The second kappa shape index (κ2) is 6.45. The Balaban J connectivity index is 1.91. The summed E-state index contributed by atoms with van der Waals surface area (Å²) in [6.07, 6.45) is 8.80. The number of rotatable bonds is 3. The molecular formula is C20H29BO2. The molecule has 1 aromatic carbocycles. The second-order valence-electron chi connectivity index (χ2n) is 7.98. The molecule has 2 aliphatic rings. The summed E-state index contributed by atoms with van der Waals surface area (Å²) < 4.78 is 12.7. The lowest BCUT2D eigenvalue weighted by atomic mass is 9.66. The first kappa shape index (κ1) is 16.8. The third-order valence-electron chi connectivity index (χ3n) is 5.73. The van der Waals surface area contributed by atoms with Crippen molar-refractivity contribution in [2.24, 2.45) is 5.92 Å². The summed E-state index contributed by atoms with van der Waals surface area (Å²) in [5.41, 5.74) is 2.02. The van der Waals surface area contributed by atoms with Gasteiger partial charge in [-0.1, -0.05) is 55.7 Å². The molecule has 0 atom stereocenters. The molecule has 0 spiro atoms. The Morgan fingerprint density at radius 3 is 2.09 bits per heavy atom. The summed E-state index contributed by atoms with van der Waals surface area (Å²) in [5, 5.41) is 0. The maximum Gasteiger partial charge on any atom is 0.490 e. The van der Waals surface area contributed by atoms with Gasteiger partial charge >= 0.3 is 7.12 Å². The summed E-state index contributed by atoms with van der Waals surface area (Å²) in [5.74, 6) is 0.582. The smallest absolute Gasteiger partial charge is 0.400 e. The Hall–Kier alpha value is -1.06. The largest absolute Gasteiger partial charge is 0.490 e. The van der Waals surface area contributed by atoms with Gasteiger partial charge in [0.1, 0.15) is 0 Å². The molecule has 1 saturated heterocycles. The van der Waals surface area contributed by atoms with E-state index in [-0.39, 0.29) is 18.3 Å². The van der Waals surface area contributed by atoms with E-state index < -0.39 is 0 Å². The fourth-order valence-electron chi connectivity index (χ4n) is 3.54. The van der Waals surface area contributed by atoms with Crippen LogP contribution in [0.2, 0.25) is 0 Å². The molecule has 2 fully saturated rings. The summed E-state index contributed by atoms with van der Waals surface area (Å²) in [4.78, 5) is 0. The van der Waals surface area contributed by atoms with Crippen molar-refractivity contribution in [3.63, 3.8) is 0 Å². The van der Waals surface area contributed by atoms with Crippen molar-refractivity contribution in [3.8, 4) is 0 Å². The van der Waals surface area contributed by atoms with Crippen molar-refractivity contribution in [1.82, 2.24) is 0 Å². The minimum atomic E-state index is -0.276. The molecule has 3 rings (SSSR count). The van der Waals surface area contributed by atoms with Gasteiger partial charge in [0.2, 0.25) is 0 Å². The Bertz CT molecular complexity index is 540. The Kier molecular flexibility index (Phi) is 4.71. The number of hydrogen-bond donors (Lipinski definition) is 0. The molecule has 1 aliphatic carbocycles. The summed E-state index contributed by atoms with van der Waals surface area (Å²) in [6, 6.07) is 10.6. The molecule has 0 amide bonds. The summed E-state index contributed by atoms with van der Waals surface area (Å²) >= 11 is 0. The van der Waals surface area contributed by atoms with Gasteiger partial charge in [-0.05, 0) is 57.5 Å². The van der Waals surface area contributed by atoms with E-state index in [9.17, 15) is 0 Å². The average molecular weight is 312 g/mol. The van der Waals surface area contributed by atoms with Crippen LogP contribution >= 0.6 is 0 Å². The molecule has 0 unspecified atom stereocenters. The molecule has 0 aromatic heterocycles. The van der Waals surface area contributed by atoms with E-state index in [1.54, 1.807) is 0 Å². The third kappa shape index (κ3) is 3.56. The zero-order valence-electron chi connectivity index (χ0n) is 15.0. The van der Waals surface area contributed by atoms with Gasteiger partial charge in [-0.15, -0.1) is 0 Å². The molecule has 1 heterocycles. The van der Waals surface area contributed by atoms with Gasteiger partial charge in [0.05, 0.1) is 11.2 Å². The lowest BCUT2D eigenvalue weighted by molar-refractivity contribution is 0.00578. The van der Waals surface area contributed by atoms with Crippen LogP contribution in [-0.2, 0) is 9.31 Å². The molecule has 0 radical (unpaired) electrons. The van der Waals surface area contributed by atoms with E-state index in [0.29, 0.717) is 5.92 Å². The lowest BCUT2D eigenvalue weighted by Gasteiger charge is -2.32. The van der Waals surface area contributed by atoms with Gasteiger partial charge in [-0.25, -0.2) is 0 Å². The van der Waals surface area contributed by atoms with Crippen LogP contribution in [0, 0.1) is 5.92 Å². The monoisotopic (exact) mass is 312 g/mol. The van der Waals surface area contributed by atoms with Crippen LogP contribution < -0.4 is 0 Å². The van der Waals surface area contributed by atoms with Crippen molar-refractivity contribution >= 4 is 13.2 Å². The fraction of sp³-hybridized carbons (Fsp3) is 0.600. The molecule has 0 bridgehead atoms. The van der Waals surface area contributed by atoms with Crippen LogP contribution in [0.3, 0.4) is 0 Å². The van der Waals surface area contributed by atoms with Crippen molar-refractivity contribution in [1.29, 1.82) is 0 Å². The molecule has 3 heteroatoms. The predicted octanol–water partition coefficient (Wildman–Crippen LogP) is 5.28. The van der Waals surface area contributed by atoms with Gasteiger partial charge in [0.15, 0.2) is 0 Å². The normalized spacial score (nSPS) is 24.9. The Morgan fingerprint density at radius 1 is 0.957 bits per heavy atom. The molecule has 1 aromatic rings. The fourth-order valence-corrected chi connectivity index (χ4v) is 3.54. The van der Waals surface area contributed by atoms with Crippen LogP contribution in [0.1, 0.15) is 65.4 Å². The molecular weight excluding hydrogens is 283 g/mol. The van der Waals surface area contributed by atoms with Gasteiger partial charge < -0.3 is 9.31 Å². The molecule has 23 heavy (non-hydrogen) atoms. The highest BCUT2D eigenvalue weighted by atomic mass is 16.7. The molecule has 0 N–H and O–H groups in total. The number of benzene rings is 1. The number of hydrogen-bond acceptors (Lipinski definition) is 2.